The van der Waals surface area contributed by atoms with Gasteiger partial charge in [0.05, 0.1) is 26.5 Å². The van der Waals surface area contributed by atoms with E-state index < -0.39 is 0 Å². The van der Waals surface area contributed by atoms with Crippen LogP contribution in [0.5, 0.6) is 11.5 Å². The van der Waals surface area contributed by atoms with E-state index in [1.165, 1.54) is 0 Å². The maximum absolute atomic E-state index is 11.8. The maximum atomic E-state index is 11.8. The summed E-state index contributed by atoms with van der Waals surface area (Å²) in [4.78, 5) is 11.8. The van der Waals surface area contributed by atoms with E-state index in [0.717, 1.165) is 5.56 Å². The van der Waals surface area contributed by atoms with E-state index in [0.29, 0.717) is 18.0 Å². The van der Waals surface area contributed by atoms with E-state index in [1.54, 1.807) is 37.1 Å². The van der Waals surface area contributed by atoms with Crippen molar-refractivity contribution in [1.82, 2.24) is 4.57 Å². The number of rotatable bonds is 4. The van der Waals surface area contributed by atoms with Gasteiger partial charge in [-0.1, -0.05) is 6.07 Å². The summed E-state index contributed by atoms with van der Waals surface area (Å²) >= 11 is 0. The fourth-order valence-electron chi connectivity index (χ4n) is 1.86. The summed E-state index contributed by atoms with van der Waals surface area (Å²) in [6.45, 7) is 0.435. The van der Waals surface area contributed by atoms with E-state index in [1.807, 2.05) is 18.2 Å². The third kappa shape index (κ3) is 2.70. The third-order valence-electron chi connectivity index (χ3n) is 2.85. The number of hydrogen-bond donors (Lipinski definition) is 1. The van der Waals surface area contributed by atoms with Crippen LogP contribution in [0.3, 0.4) is 0 Å². The average molecular weight is 260 g/mol. The molecule has 0 bridgehead atoms. The molecule has 0 fully saturated rings. The van der Waals surface area contributed by atoms with Crippen molar-refractivity contribution in [2.24, 2.45) is 0 Å². The first-order chi connectivity index (χ1) is 9.15. The van der Waals surface area contributed by atoms with Gasteiger partial charge < -0.3 is 19.8 Å². The Morgan fingerprint density at radius 1 is 1.16 bits per heavy atom. The van der Waals surface area contributed by atoms with Gasteiger partial charge in [-0.3, -0.25) is 4.79 Å². The van der Waals surface area contributed by atoms with Gasteiger partial charge in [-0.15, -0.1) is 0 Å². The normalized spacial score (nSPS) is 10.2. The minimum absolute atomic E-state index is 0.197. The van der Waals surface area contributed by atoms with Crippen LogP contribution in [0.15, 0.2) is 41.3 Å². The van der Waals surface area contributed by atoms with E-state index in [2.05, 4.69) is 0 Å². The van der Waals surface area contributed by atoms with Crippen molar-refractivity contribution in [1.29, 1.82) is 0 Å². The second-order valence-corrected chi connectivity index (χ2v) is 4.09. The van der Waals surface area contributed by atoms with E-state index in [4.69, 9.17) is 15.2 Å². The fourth-order valence-corrected chi connectivity index (χ4v) is 1.86. The minimum atomic E-state index is -0.197. The lowest BCUT2D eigenvalue weighted by Gasteiger charge is -2.11. The monoisotopic (exact) mass is 260 g/mol. The van der Waals surface area contributed by atoms with Gasteiger partial charge in [0, 0.05) is 6.20 Å². The predicted molar refractivity (Wildman–Crippen MR) is 73.8 cm³/mol. The van der Waals surface area contributed by atoms with Crippen molar-refractivity contribution in [3.8, 4) is 11.5 Å². The molecule has 0 amide bonds. The molecule has 0 atom stereocenters. The van der Waals surface area contributed by atoms with Crippen molar-refractivity contribution in [2.75, 3.05) is 20.0 Å². The van der Waals surface area contributed by atoms with Crippen LogP contribution >= 0.6 is 0 Å². The Balaban J connectivity index is 2.33. The highest BCUT2D eigenvalue weighted by Crippen LogP contribution is 2.27. The molecule has 100 valence electrons. The van der Waals surface area contributed by atoms with Gasteiger partial charge in [-0.05, 0) is 29.8 Å². The Hall–Kier alpha value is -2.43. The molecule has 5 nitrogen and oxygen atoms in total. The quantitative estimate of drug-likeness (QED) is 0.904. The SMILES string of the molecule is COc1ccc(Cn2cccc(N)c2=O)cc1OC. The molecule has 0 saturated carbocycles. The Kier molecular flexibility index (Phi) is 3.75. The van der Waals surface area contributed by atoms with Crippen molar-refractivity contribution in [2.45, 2.75) is 6.54 Å². The van der Waals surface area contributed by atoms with Gasteiger partial charge in [0.25, 0.3) is 5.56 Å². The van der Waals surface area contributed by atoms with Crippen molar-refractivity contribution in [3.63, 3.8) is 0 Å². The number of nitrogen functional groups attached to an aromatic ring is 1. The summed E-state index contributed by atoms with van der Waals surface area (Å²) in [5, 5.41) is 0. The number of nitrogens with two attached hydrogens (primary N) is 1. The molecular weight excluding hydrogens is 244 g/mol. The molecule has 19 heavy (non-hydrogen) atoms. The topological polar surface area (TPSA) is 66.5 Å². The van der Waals surface area contributed by atoms with Crippen LogP contribution in [0.2, 0.25) is 0 Å². The Morgan fingerprint density at radius 2 is 1.89 bits per heavy atom. The number of anilines is 1. The summed E-state index contributed by atoms with van der Waals surface area (Å²) in [6, 6.07) is 8.88. The Morgan fingerprint density at radius 3 is 2.58 bits per heavy atom. The number of hydrogen-bond acceptors (Lipinski definition) is 4. The van der Waals surface area contributed by atoms with Crippen LogP contribution in [-0.2, 0) is 6.54 Å². The number of pyridine rings is 1. The van der Waals surface area contributed by atoms with Crippen molar-refractivity contribution >= 4 is 5.69 Å². The van der Waals surface area contributed by atoms with Crippen LogP contribution in [-0.4, -0.2) is 18.8 Å². The lowest BCUT2D eigenvalue weighted by molar-refractivity contribution is 0.354. The Labute approximate surface area is 111 Å². The Bertz CT molecular complexity index is 635. The largest absolute Gasteiger partial charge is 0.493 e. The molecule has 0 aliphatic rings. The van der Waals surface area contributed by atoms with Gasteiger partial charge in [0.2, 0.25) is 0 Å². The maximum Gasteiger partial charge on any atom is 0.273 e. The van der Waals surface area contributed by atoms with E-state index >= 15 is 0 Å². The average Bonchev–Trinajstić information content (AvgIpc) is 2.43. The second-order valence-electron chi connectivity index (χ2n) is 4.09. The number of methoxy groups -OCH3 is 2. The molecule has 0 unspecified atom stereocenters. The van der Waals surface area contributed by atoms with E-state index in [-0.39, 0.29) is 11.2 Å². The summed E-state index contributed by atoms with van der Waals surface area (Å²) in [5.74, 6) is 1.29. The first kappa shape index (κ1) is 13.0. The molecule has 2 aromatic rings. The highest BCUT2D eigenvalue weighted by molar-refractivity contribution is 5.43. The molecule has 5 heteroatoms. The number of aromatic nitrogens is 1. The molecule has 0 aliphatic heterocycles. The van der Waals surface area contributed by atoms with Gasteiger partial charge in [-0.2, -0.15) is 0 Å². The molecule has 0 spiro atoms. The molecule has 1 aromatic carbocycles. The smallest absolute Gasteiger partial charge is 0.273 e. The summed E-state index contributed by atoms with van der Waals surface area (Å²) < 4.78 is 12.0. The lowest BCUT2D eigenvalue weighted by Crippen LogP contribution is -2.22. The molecular formula is C14H16N2O3. The number of nitrogens with zero attached hydrogens (tertiary/aromatic N) is 1. The summed E-state index contributed by atoms with van der Waals surface area (Å²) in [5.41, 5.74) is 6.58. The second kappa shape index (κ2) is 5.48. The van der Waals surface area contributed by atoms with Gasteiger partial charge >= 0.3 is 0 Å². The minimum Gasteiger partial charge on any atom is -0.493 e. The van der Waals surface area contributed by atoms with Crippen molar-refractivity contribution < 1.29 is 9.47 Å². The first-order valence-corrected chi connectivity index (χ1v) is 5.81. The highest BCUT2D eigenvalue weighted by Gasteiger charge is 2.06. The lowest BCUT2D eigenvalue weighted by atomic mass is 10.2. The van der Waals surface area contributed by atoms with Crippen LogP contribution in [0, 0.1) is 0 Å². The fraction of sp³-hybridized carbons (Fsp3) is 0.214. The van der Waals surface area contributed by atoms with Crippen LogP contribution < -0.4 is 20.8 Å². The standard InChI is InChI=1S/C14H16N2O3/c1-18-12-6-5-10(8-13(12)19-2)9-16-7-3-4-11(15)14(16)17/h3-8H,9,15H2,1-2H3. The number of ether oxygens (including phenoxy) is 2. The van der Waals surface area contributed by atoms with Crippen LogP contribution in [0.4, 0.5) is 5.69 Å². The van der Waals surface area contributed by atoms with Gasteiger partial charge in [0.15, 0.2) is 11.5 Å². The van der Waals surface area contributed by atoms with E-state index in [9.17, 15) is 4.79 Å². The predicted octanol–water partition coefficient (Wildman–Crippen LogP) is 1.50. The zero-order valence-corrected chi connectivity index (χ0v) is 10.9. The summed E-state index contributed by atoms with van der Waals surface area (Å²) in [7, 11) is 3.16. The first-order valence-electron chi connectivity index (χ1n) is 5.81. The van der Waals surface area contributed by atoms with Gasteiger partial charge in [0.1, 0.15) is 0 Å². The molecule has 0 saturated heterocycles. The van der Waals surface area contributed by atoms with Gasteiger partial charge in [-0.25, -0.2) is 0 Å². The molecule has 2 N–H and O–H groups in total. The van der Waals surface area contributed by atoms with Crippen LogP contribution in [0.1, 0.15) is 5.56 Å². The summed E-state index contributed by atoms with van der Waals surface area (Å²) in [6.07, 6.45) is 1.70. The zero-order chi connectivity index (χ0) is 13.8. The zero-order valence-electron chi connectivity index (χ0n) is 10.9. The van der Waals surface area contributed by atoms with Crippen LogP contribution in [0.25, 0.3) is 0 Å². The highest BCUT2D eigenvalue weighted by atomic mass is 16.5. The molecule has 1 heterocycles. The molecule has 1 aromatic heterocycles. The molecule has 0 aliphatic carbocycles. The number of benzene rings is 1. The molecule has 2 rings (SSSR count). The third-order valence-corrected chi connectivity index (χ3v) is 2.85. The molecule has 0 radical (unpaired) electrons. The van der Waals surface area contributed by atoms with Crippen molar-refractivity contribution in [3.05, 3.63) is 52.4 Å².